The van der Waals surface area contributed by atoms with Crippen molar-refractivity contribution in [3.8, 4) is 11.1 Å². The van der Waals surface area contributed by atoms with Gasteiger partial charge >= 0.3 is 0 Å². The molecule has 0 saturated heterocycles. The molecule has 0 spiro atoms. The van der Waals surface area contributed by atoms with Gasteiger partial charge in [-0.25, -0.2) is 0 Å². The van der Waals surface area contributed by atoms with Crippen molar-refractivity contribution in [2.24, 2.45) is 0 Å². The summed E-state index contributed by atoms with van der Waals surface area (Å²) in [6.45, 7) is 12.6. The van der Waals surface area contributed by atoms with Crippen LogP contribution in [0.25, 0.3) is 16.8 Å². The Morgan fingerprint density at radius 3 is 2.62 bits per heavy atom. The number of halogens is 1. The zero-order chi connectivity index (χ0) is 15.4. The lowest BCUT2D eigenvalue weighted by molar-refractivity contribution is 0.949. The molecule has 1 aromatic carbocycles. The van der Waals surface area contributed by atoms with E-state index in [4.69, 9.17) is 11.6 Å². The SMILES string of the molecule is C=C(C)CNC(=C)c1ncc(-c2cccc(Cl)c2)cc1C. The second kappa shape index (κ2) is 6.59. The third-order valence-electron chi connectivity index (χ3n) is 3.13. The fourth-order valence-electron chi connectivity index (χ4n) is 2.06. The summed E-state index contributed by atoms with van der Waals surface area (Å²) in [5.41, 5.74) is 5.93. The number of aryl methyl sites for hydroxylation is 1. The van der Waals surface area contributed by atoms with Gasteiger partial charge in [0.25, 0.3) is 0 Å². The lowest BCUT2D eigenvalue weighted by atomic mass is 10.0. The maximum absolute atomic E-state index is 6.03. The minimum Gasteiger partial charge on any atom is -0.380 e. The highest BCUT2D eigenvalue weighted by Crippen LogP contribution is 2.24. The fourth-order valence-corrected chi connectivity index (χ4v) is 2.25. The van der Waals surface area contributed by atoms with Crippen LogP contribution in [0.5, 0.6) is 0 Å². The number of rotatable bonds is 5. The molecule has 0 saturated carbocycles. The van der Waals surface area contributed by atoms with E-state index in [2.05, 4.69) is 29.5 Å². The van der Waals surface area contributed by atoms with E-state index in [9.17, 15) is 0 Å². The van der Waals surface area contributed by atoms with Crippen LogP contribution in [-0.4, -0.2) is 11.5 Å². The molecular formula is C18H19ClN2. The fraction of sp³-hybridized carbons (Fsp3) is 0.167. The van der Waals surface area contributed by atoms with Gasteiger partial charge in [-0.15, -0.1) is 0 Å². The molecule has 0 fully saturated rings. The van der Waals surface area contributed by atoms with Gasteiger partial charge in [0, 0.05) is 23.3 Å². The molecule has 0 atom stereocenters. The smallest absolute Gasteiger partial charge is 0.0884 e. The Morgan fingerprint density at radius 1 is 1.24 bits per heavy atom. The minimum absolute atomic E-state index is 0.704. The third kappa shape index (κ3) is 3.96. The van der Waals surface area contributed by atoms with Crippen LogP contribution in [0.3, 0.4) is 0 Å². The van der Waals surface area contributed by atoms with Crippen LogP contribution in [0.4, 0.5) is 0 Å². The highest BCUT2D eigenvalue weighted by molar-refractivity contribution is 6.30. The molecule has 0 radical (unpaired) electrons. The molecule has 3 heteroatoms. The van der Waals surface area contributed by atoms with Gasteiger partial charge in [0.2, 0.25) is 0 Å². The first-order valence-corrected chi connectivity index (χ1v) is 7.15. The zero-order valence-electron chi connectivity index (χ0n) is 12.4. The monoisotopic (exact) mass is 298 g/mol. The topological polar surface area (TPSA) is 24.9 Å². The predicted molar refractivity (Wildman–Crippen MR) is 91.3 cm³/mol. The first-order valence-electron chi connectivity index (χ1n) is 6.77. The van der Waals surface area contributed by atoms with Crippen molar-refractivity contribution in [3.63, 3.8) is 0 Å². The van der Waals surface area contributed by atoms with Crippen LogP contribution in [0.15, 0.2) is 55.3 Å². The molecular weight excluding hydrogens is 280 g/mol. The Bertz CT molecular complexity index is 689. The van der Waals surface area contributed by atoms with Crippen LogP contribution >= 0.6 is 11.6 Å². The molecule has 108 valence electrons. The largest absolute Gasteiger partial charge is 0.380 e. The molecule has 2 rings (SSSR count). The number of pyridine rings is 1. The molecule has 21 heavy (non-hydrogen) atoms. The minimum atomic E-state index is 0.704. The average Bonchev–Trinajstić information content (AvgIpc) is 2.44. The maximum atomic E-state index is 6.03. The first-order chi connectivity index (χ1) is 9.97. The van der Waals surface area contributed by atoms with E-state index in [0.29, 0.717) is 6.54 Å². The molecule has 2 aromatic rings. The Hall–Kier alpha value is -2.06. The summed E-state index contributed by atoms with van der Waals surface area (Å²) in [6.07, 6.45) is 1.85. The average molecular weight is 299 g/mol. The highest BCUT2D eigenvalue weighted by atomic mass is 35.5. The number of hydrogen-bond acceptors (Lipinski definition) is 2. The molecule has 0 aliphatic carbocycles. The second-order valence-corrected chi connectivity index (χ2v) is 5.63. The number of nitrogens with zero attached hydrogens (tertiary/aromatic N) is 1. The Balaban J connectivity index is 2.25. The van der Waals surface area contributed by atoms with Crippen molar-refractivity contribution < 1.29 is 0 Å². The van der Waals surface area contributed by atoms with E-state index in [1.54, 1.807) is 0 Å². The van der Waals surface area contributed by atoms with Crippen molar-refractivity contribution in [2.75, 3.05) is 6.54 Å². The van der Waals surface area contributed by atoms with E-state index >= 15 is 0 Å². The van der Waals surface area contributed by atoms with E-state index in [1.807, 2.05) is 44.3 Å². The van der Waals surface area contributed by atoms with E-state index in [1.165, 1.54) is 0 Å². The summed E-state index contributed by atoms with van der Waals surface area (Å²) in [4.78, 5) is 4.53. The van der Waals surface area contributed by atoms with Gasteiger partial charge in [0.05, 0.1) is 11.4 Å². The number of aromatic nitrogens is 1. The lowest BCUT2D eigenvalue weighted by Crippen LogP contribution is -2.15. The molecule has 0 aliphatic heterocycles. The second-order valence-electron chi connectivity index (χ2n) is 5.19. The molecule has 2 nitrogen and oxygen atoms in total. The lowest BCUT2D eigenvalue weighted by Gasteiger charge is -2.12. The van der Waals surface area contributed by atoms with Crippen molar-refractivity contribution in [3.05, 3.63) is 71.5 Å². The van der Waals surface area contributed by atoms with Crippen LogP contribution in [0, 0.1) is 6.92 Å². The normalized spacial score (nSPS) is 10.2. The van der Waals surface area contributed by atoms with Crippen LogP contribution in [0.2, 0.25) is 5.02 Å². The van der Waals surface area contributed by atoms with Crippen molar-refractivity contribution in [1.82, 2.24) is 10.3 Å². The molecule has 1 aromatic heterocycles. The number of benzene rings is 1. The molecule has 0 bridgehead atoms. The van der Waals surface area contributed by atoms with Crippen molar-refractivity contribution in [2.45, 2.75) is 13.8 Å². The van der Waals surface area contributed by atoms with Crippen molar-refractivity contribution in [1.29, 1.82) is 0 Å². The van der Waals surface area contributed by atoms with E-state index in [-0.39, 0.29) is 0 Å². The van der Waals surface area contributed by atoms with Gasteiger partial charge in [-0.2, -0.15) is 0 Å². The summed E-state index contributed by atoms with van der Waals surface area (Å²) in [5.74, 6) is 0. The number of hydrogen-bond donors (Lipinski definition) is 1. The molecule has 1 N–H and O–H groups in total. The Labute approximate surface area is 131 Å². The zero-order valence-corrected chi connectivity index (χ0v) is 13.2. The van der Waals surface area contributed by atoms with Gasteiger partial charge in [-0.3, -0.25) is 4.98 Å². The third-order valence-corrected chi connectivity index (χ3v) is 3.36. The van der Waals surface area contributed by atoms with Gasteiger partial charge in [-0.05, 0) is 43.2 Å². The quantitative estimate of drug-likeness (QED) is 0.798. The summed E-state index contributed by atoms with van der Waals surface area (Å²) < 4.78 is 0. The molecule has 1 heterocycles. The van der Waals surface area contributed by atoms with Gasteiger partial charge in [0.15, 0.2) is 0 Å². The van der Waals surface area contributed by atoms with Gasteiger partial charge < -0.3 is 5.32 Å². The highest BCUT2D eigenvalue weighted by Gasteiger charge is 2.07. The summed E-state index contributed by atoms with van der Waals surface area (Å²) in [6, 6.07) is 9.86. The van der Waals surface area contributed by atoms with Crippen LogP contribution < -0.4 is 5.32 Å². The maximum Gasteiger partial charge on any atom is 0.0884 e. The standard InChI is InChI=1S/C18H19ClN2/c1-12(2)10-20-14(4)18-13(3)8-16(11-21-18)15-6-5-7-17(19)9-15/h5-9,11,20H,1,4,10H2,2-3H3. The predicted octanol–water partition coefficient (Wildman–Crippen LogP) is 4.85. The van der Waals surface area contributed by atoms with Crippen LogP contribution in [0.1, 0.15) is 18.2 Å². The number of nitrogens with one attached hydrogen (secondary N) is 1. The Kier molecular flexibility index (Phi) is 4.81. The first kappa shape index (κ1) is 15.3. The molecule has 0 amide bonds. The van der Waals surface area contributed by atoms with Crippen molar-refractivity contribution >= 4 is 17.3 Å². The van der Waals surface area contributed by atoms with Gasteiger partial charge in [0.1, 0.15) is 0 Å². The molecule has 0 aliphatic rings. The molecule has 0 unspecified atom stereocenters. The van der Waals surface area contributed by atoms with Crippen LogP contribution in [-0.2, 0) is 0 Å². The summed E-state index contributed by atoms with van der Waals surface area (Å²) in [7, 11) is 0. The summed E-state index contributed by atoms with van der Waals surface area (Å²) in [5, 5.41) is 3.95. The van der Waals surface area contributed by atoms with Gasteiger partial charge in [-0.1, -0.05) is 42.5 Å². The summed E-state index contributed by atoms with van der Waals surface area (Å²) >= 11 is 6.03. The Morgan fingerprint density at radius 2 is 2.00 bits per heavy atom. The van der Waals surface area contributed by atoms with E-state index in [0.717, 1.165) is 38.7 Å². The van der Waals surface area contributed by atoms with E-state index < -0.39 is 0 Å².